The molecule has 1 saturated carbocycles. The Morgan fingerprint density at radius 1 is 1.30 bits per heavy atom. The van der Waals surface area contributed by atoms with Crippen molar-refractivity contribution < 1.29 is 14.3 Å². The van der Waals surface area contributed by atoms with Crippen LogP contribution in [0.15, 0.2) is 66.3 Å². The van der Waals surface area contributed by atoms with Crippen molar-refractivity contribution in [3.05, 3.63) is 71.8 Å². The molecule has 0 amide bonds. The minimum atomic E-state index is -1.10. The molecular weight excluding hydrogens is 288 g/mol. The Balaban J connectivity index is 2.29. The molecule has 0 saturated heterocycles. The third-order valence-corrected chi connectivity index (χ3v) is 4.77. The predicted octanol–water partition coefficient (Wildman–Crippen LogP) is 3.52. The van der Waals surface area contributed by atoms with E-state index in [1.165, 1.54) is 7.11 Å². The normalized spacial score (nSPS) is 27.0. The lowest BCUT2D eigenvalue weighted by molar-refractivity contribution is -0.146. The first-order valence-electron chi connectivity index (χ1n) is 7.81. The molecule has 0 spiro atoms. The summed E-state index contributed by atoms with van der Waals surface area (Å²) in [6.45, 7) is 4.13. The molecule has 2 aliphatic carbocycles. The molecule has 0 aromatic heterocycles. The molecule has 0 unspecified atom stereocenters. The highest BCUT2D eigenvalue weighted by molar-refractivity contribution is 6.08. The number of hydrogen-bond donors (Lipinski definition) is 0. The number of benzene rings is 1. The van der Waals surface area contributed by atoms with Gasteiger partial charge >= 0.3 is 5.97 Å². The zero-order chi connectivity index (χ0) is 16.4. The molecule has 0 radical (unpaired) electrons. The molecular formula is C20H20O3. The van der Waals surface area contributed by atoms with Gasteiger partial charge in [-0.05, 0) is 24.8 Å². The van der Waals surface area contributed by atoms with Gasteiger partial charge in [0.25, 0.3) is 0 Å². The molecule has 1 aromatic rings. The smallest absolute Gasteiger partial charge is 0.321 e. The second-order valence-electron chi connectivity index (χ2n) is 6.20. The standard InChI is InChI=1S/C20H20O3/c1-14-12-15-8-6-7-11-17(18(15)21)20(13-14,19(22)23-2)16-9-4-3-5-10-16/h3-7,9-11,15H,1,8,12-13H2,2H3/t15-,20-/m0/s1. The summed E-state index contributed by atoms with van der Waals surface area (Å²) in [5.74, 6) is -0.508. The van der Waals surface area contributed by atoms with Gasteiger partial charge in [0.05, 0.1) is 7.11 Å². The number of hydrogen-bond acceptors (Lipinski definition) is 3. The number of ether oxygens (including phenoxy) is 1. The average molecular weight is 308 g/mol. The van der Waals surface area contributed by atoms with E-state index >= 15 is 0 Å². The maximum absolute atomic E-state index is 13.0. The van der Waals surface area contributed by atoms with Crippen LogP contribution in [-0.4, -0.2) is 18.9 Å². The maximum atomic E-state index is 13.0. The van der Waals surface area contributed by atoms with E-state index in [4.69, 9.17) is 4.74 Å². The number of allylic oxidation sites excluding steroid dienone is 4. The van der Waals surface area contributed by atoms with Crippen LogP contribution in [0.4, 0.5) is 0 Å². The zero-order valence-corrected chi connectivity index (χ0v) is 13.2. The van der Waals surface area contributed by atoms with Gasteiger partial charge in [-0.25, -0.2) is 0 Å². The van der Waals surface area contributed by atoms with Crippen molar-refractivity contribution in [1.29, 1.82) is 0 Å². The van der Waals surface area contributed by atoms with E-state index in [1.54, 1.807) is 6.08 Å². The van der Waals surface area contributed by atoms with E-state index < -0.39 is 11.4 Å². The van der Waals surface area contributed by atoms with Crippen molar-refractivity contribution in [2.45, 2.75) is 24.7 Å². The number of carbonyl (C=O) groups excluding carboxylic acids is 2. The lowest BCUT2D eigenvalue weighted by Gasteiger charge is -2.32. The Hall–Kier alpha value is -2.42. The van der Waals surface area contributed by atoms with Gasteiger partial charge in [-0.1, -0.05) is 60.7 Å². The summed E-state index contributed by atoms with van der Waals surface area (Å²) < 4.78 is 5.13. The van der Waals surface area contributed by atoms with E-state index in [2.05, 4.69) is 6.58 Å². The minimum absolute atomic E-state index is 0.0305. The van der Waals surface area contributed by atoms with Gasteiger partial charge in [0.1, 0.15) is 5.41 Å². The summed E-state index contributed by atoms with van der Waals surface area (Å²) in [5, 5.41) is 0. The summed E-state index contributed by atoms with van der Waals surface area (Å²) in [4.78, 5) is 25.9. The molecule has 1 aromatic carbocycles. The second-order valence-corrected chi connectivity index (χ2v) is 6.20. The van der Waals surface area contributed by atoms with Crippen molar-refractivity contribution in [3.63, 3.8) is 0 Å². The first-order chi connectivity index (χ1) is 11.1. The largest absolute Gasteiger partial charge is 0.468 e. The van der Waals surface area contributed by atoms with E-state index in [9.17, 15) is 9.59 Å². The molecule has 118 valence electrons. The fourth-order valence-corrected chi connectivity index (χ4v) is 3.69. The van der Waals surface area contributed by atoms with Crippen molar-refractivity contribution in [3.8, 4) is 0 Å². The number of rotatable bonds is 2. The number of esters is 1. The third kappa shape index (κ3) is 2.46. The van der Waals surface area contributed by atoms with Crippen LogP contribution in [-0.2, 0) is 19.7 Å². The SMILES string of the molecule is C=C1C[C@@H]2CC=CC=C(C2=O)[C@@](C(=O)OC)(c2ccccc2)C1. The maximum Gasteiger partial charge on any atom is 0.321 e. The van der Waals surface area contributed by atoms with Gasteiger partial charge in [0, 0.05) is 11.5 Å². The molecule has 1 fully saturated rings. The van der Waals surface area contributed by atoms with Crippen LogP contribution >= 0.6 is 0 Å². The molecule has 2 aliphatic rings. The van der Waals surface area contributed by atoms with Crippen molar-refractivity contribution >= 4 is 11.8 Å². The van der Waals surface area contributed by atoms with Crippen LogP contribution in [0.25, 0.3) is 0 Å². The first kappa shape index (κ1) is 15.5. The quantitative estimate of drug-likeness (QED) is 0.620. The summed E-state index contributed by atoms with van der Waals surface area (Å²) in [6.07, 6.45) is 7.36. The zero-order valence-electron chi connectivity index (χ0n) is 13.2. The number of ketones is 1. The molecule has 23 heavy (non-hydrogen) atoms. The van der Waals surface area contributed by atoms with E-state index in [1.807, 2.05) is 42.5 Å². The first-order valence-corrected chi connectivity index (χ1v) is 7.81. The topological polar surface area (TPSA) is 43.4 Å². The van der Waals surface area contributed by atoms with E-state index in [-0.39, 0.29) is 11.7 Å². The molecule has 3 nitrogen and oxygen atoms in total. The number of fused-ring (bicyclic) bond motifs is 2. The molecule has 3 rings (SSSR count). The van der Waals surface area contributed by atoms with Gasteiger partial charge in [0.15, 0.2) is 5.78 Å². The van der Waals surface area contributed by atoms with Gasteiger partial charge in [-0.3, -0.25) is 9.59 Å². The minimum Gasteiger partial charge on any atom is -0.468 e. The number of Topliss-reactive ketones (excluding diaryl/α,β-unsaturated/α-hetero) is 1. The van der Waals surface area contributed by atoms with Gasteiger partial charge in [-0.15, -0.1) is 0 Å². The highest BCUT2D eigenvalue weighted by Gasteiger charge is 2.50. The van der Waals surface area contributed by atoms with Crippen LogP contribution in [0.3, 0.4) is 0 Å². The Kier molecular flexibility index (Phi) is 4.03. The summed E-state index contributed by atoms with van der Waals surface area (Å²) in [7, 11) is 1.37. The Morgan fingerprint density at radius 2 is 2.04 bits per heavy atom. The van der Waals surface area contributed by atoms with E-state index in [0.717, 1.165) is 11.1 Å². The van der Waals surface area contributed by atoms with Crippen molar-refractivity contribution in [2.24, 2.45) is 5.92 Å². The van der Waals surface area contributed by atoms with Gasteiger partial charge in [-0.2, -0.15) is 0 Å². The second kappa shape index (κ2) is 5.99. The Morgan fingerprint density at radius 3 is 2.74 bits per heavy atom. The van der Waals surface area contributed by atoms with Crippen LogP contribution in [0.1, 0.15) is 24.8 Å². The summed E-state index contributed by atoms with van der Waals surface area (Å²) >= 11 is 0. The molecule has 2 atom stereocenters. The monoisotopic (exact) mass is 308 g/mol. The van der Waals surface area contributed by atoms with Crippen molar-refractivity contribution in [1.82, 2.24) is 0 Å². The highest BCUT2D eigenvalue weighted by atomic mass is 16.5. The van der Waals surface area contributed by atoms with Gasteiger partial charge < -0.3 is 4.74 Å². The van der Waals surface area contributed by atoms with Crippen LogP contribution in [0.5, 0.6) is 0 Å². The molecule has 2 bridgehead atoms. The van der Waals surface area contributed by atoms with Crippen LogP contribution < -0.4 is 0 Å². The van der Waals surface area contributed by atoms with Gasteiger partial charge in [0.2, 0.25) is 0 Å². The van der Waals surface area contributed by atoms with Crippen molar-refractivity contribution in [2.75, 3.05) is 7.11 Å². The fourth-order valence-electron chi connectivity index (χ4n) is 3.69. The number of methoxy groups -OCH3 is 1. The Labute approximate surface area is 136 Å². The Bertz CT molecular complexity index is 712. The molecule has 0 aliphatic heterocycles. The lowest BCUT2D eigenvalue weighted by atomic mass is 9.69. The average Bonchev–Trinajstić information content (AvgIpc) is 2.81. The fraction of sp³-hybridized carbons (Fsp3) is 0.300. The summed E-state index contributed by atoms with van der Waals surface area (Å²) in [5.41, 5.74) is 1.11. The highest BCUT2D eigenvalue weighted by Crippen LogP contribution is 2.46. The van der Waals surface area contributed by atoms with E-state index in [0.29, 0.717) is 24.8 Å². The van der Waals surface area contributed by atoms with Crippen LogP contribution in [0, 0.1) is 5.92 Å². The number of carbonyl (C=O) groups is 2. The summed E-state index contributed by atoms with van der Waals surface area (Å²) in [6, 6.07) is 9.41. The third-order valence-electron chi connectivity index (χ3n) is 4.77. The molecule has 0 heterocycles. The molecule has 0 N–H and O–H groups in total. The predicted molar refractivity (Wildman–Crippen MR) is 88.8 cm³/mol. The van der Waals surface area contributed by atoms with Crippen LogP contribution in [0.2, 0.25) is 0 Å². The molecule has 3 heteroatoms. The lowest BCUT2D eigenvalue weighted by Crippen LogP contribution is -2.41.